The van der Waals surface area contributed by atoms with Gasteiger partial charge in [0.15, 0.2) is 0 Å². The van der Waals surface area contributed by atoms with Gasteiger partial charge in [0.1, 0.15) is 0 Å². The minimum absolute atomic E-state index is 0. The minimum atomic E-state index is -3.55. The molecule has 0 bridgehead atoms. The number of halogens is 3. The molecule has 2 atom stereocenters. The van der Waals surface area contributed by atoms with E-state index in [1.54, 1.807) is 0 Å². The first-order valence-electron chi connectivity index (χ1n) is 6.02. The first-order chi connectivity index (χ1) is 8.80. The first kappa shape index (κ1) is 18.0. The van der Waals surface area contributed by atoms with E-state index in [0.717, 1.165) is 0 Å². The minimum Gasteiger partial charge on any atom is -0.327 e. The third kappa shape index (κ3) is 3.78. The topological polar surface area (TPSA) is 63.4 Å². The lowest BCUT2D eigenvalue weighted by atomic mass is 9.96. The van der Waals surface area contributed by atoms with Crippen molar-refractivity contribution < 1.29 is 8.42 Å². The first-order valence-corrected chi connectivity index (χ1v) is 8.22. The molecule has 1 aromatic rings. The van der Waals surface area contributed by atoms with Gasteiger partial charge in [-0.3, -0.25) is 0 Å². The molecule has 0 spiro atoms. The second-order valence-electron chi connectivity index (χ2n) is 4.90. The second-order valence-corrected chi connectivity index (χ2v) is 7.71. The van der Waals surface area contributed by atoms with Gasteiger partial charge in [0.05, 0.1) is 4.90 Å². The van der Waals surface area contributed by atoms with Crippen molar-refractivity contribution in [2.45, 2.75) is 24.3 Å². The molecule has 0 radical (unpaired) electrons. The van der Waals surface area contributed by atoms with Crippen LogP contribution in [0.5, 0.6) is 0 Å². The zero-order valence-electron chi connectivity index (χ0n) is 10.9. The van der Waals surface area contributed by atoms with Crippen LogP contribution in [0, 0.1) is 5.92 Å². The molecule has 1 saturated heterocycles. The summed E-state index contributed by atoms with van der Waals surface area (Å²) >= 11 is 11.7. The molecule has 0 aromatic heterocycles. The highest BCUT2D eigenvalue weighted by atomic mass is 35.5. The number of piperidine rings is 1. The maximum atomic E-state index is 12.5. The van der Waals surface area contributed by atoms with Crippen molar-refractivity contribution in [1.82, 2.24) is 4.31 Å². The molecule has 1 aliphatic rings. The molecule has 1 fully saturated rings. The molecular weight excluding hydrogens is 343 g/mol. The Hall–Kier alpha value is -0.0400. The Morgan fingerprint density at radius 2 is 1.80 bits per heavy atom. The molecule has 0 saturated carbocycles. The van der Waals surface area contributed by atoms with Gasteiger partial charge < -0.3 is 5.73 Å². The summed E-state index contributed by atoms with van der Waals surface area (Å²) in [5.74, 6) is 0.137. The van der Waals surface area contributed by atoms with Crippen LogP contribution < -0.4 is 5.73 Å². The van der Waals surface area contributed by atoms with Crippen LogP contribution >= 0.6 is 35.6 Å². The predicted molar refractivity (Wildman–Crippen MR) is 84.2 cm³/mol. The van der Waals surface area contributed by atoms with Gasteiger partial charge in [-0.2, -0.15) is 4.31 Å². The number of nitrogens with two attached hydrogens (primary N) is 1. The van der Waals surface area contributed by atoms with Gasteiger partial charge in [0, 0.05) is 29.2 Å². The van der Waals surface area contributed by atoms with Gasteiger partial charge >= 0.3 is 0 Å². The summed E-state index contributed by atoms with van der Waals surface area (Å²) < 4.78 is 26.5. The molecule has 4 nitrogen and oxygen atoms in total. The lowest BCUT2D eigenvalue weighted by Crippen LogP contribution is -2.48. The summed E-state index contributed by atoms with van der Waals surface area (Å²) in [7, 11) is -3.55. The summed E-state index contributed by atoms with van der Waals surface area (Å²) in [6.45, 7) is 2.81. The third-order valence-electron chi connectivity index (χ3n) is 3.41. The molecule has 1 aliphatic heterocycles. The van der Waals surface area contributed by atoms with Gasteiger partial charge in [0.25, 0.3) is 0 Å². The quantitative estimate of drug-likeness (QED) is 0.883. The monoisotopic (exact) mass is 358 g/mol. The van der Waals surface area contributed by atoms with E-state index in [9.17, 15) is 8.42 Å². The average molecular weight is 360 g/mol. The Morgan fingerprint density at radius 1 is 1.25 bits per heavy atom. The van der Waals surface area contributed by atoms with Crippen LogP contribution in [0.1, 0.15) is 13.3 Å². The van der Waals surface area contributed by atoms with Crippen LogP contribution in [0.3, 0.4) is 0 Å². The van der Waals surface area contributed by atoms with E-state index >= 15 is 0 Å². The number of nitrogens with zero attached hydrogens (tertiary/aromatic N) is 1. The fourth-order valence-corrected chi connectivity index (χ4v) is 4.45. The third-order valence-corrected chi connectivity index (χ3v) is 5.69. The van der Waals surface area contributed by atoms with Crippen LogP contribution in [0.2, 0.25) is 10.0 Å². The van der Waals surface area contributed by atoms with E-state index in [1.807, 2.05) is 6.92 Å². The van der Waals surface area contributed by atoms with Crippen molar-refractivity contribution in [3.8, 4) is 0 Å². The molecule has 8 heteroatoms. The van der Waals surface area contributed by atoms with E-state index in [2.05, 4.69) is 0 Å². The Kier molecular flexibility index (Phi) is 6.14. The molecule has 0 aliphatic carbocycles. The van der Waals surface area contributed by atoms with Crippen molar-refractivity contribution >= 4 is 45.6 Å². The zero-order valence-corrected chi connectivity index (χ0v) is 14.1. The normalized spacial score (nSPS) is 24.2. The Labute approximate surface area is 135 Å². The highest BCUT2D eigenvalue weighted by Gasteiger charge is 2.32. The summed E-state index contributed by atoms with van der Waals surface area (Å²) in [4.78, 5) is 0.132. The Morgan fingerprint density at radius 3 is 2.30 bits per heavy atom. The lowest BCUT2D eigenvalue weighted by molar-refractivity contribution is 0.250. The van der Waals surface area contributed by atoms with Crippen LogP contribution in [0.15, 0.2) is 23.1 Å². The molecule has 2 rings (SSSR count). The van der Waals surface area contributed by atoms with E-state index in [0.29, 0.717) is 29.6 Å². The molecule has 114 valence electrons. The molecule has 2 unspecified atom stereocenters. The van der Waals surface area contributed by atoms with Gasteiger partial charge in [-0.25, -0.2) is 8.42 Å². The highest BCUT2D eigenvalue weighted by Crippen LogP contribution is 2.27. The highest BCUT2D eigenvalue weighted by molar-refractivity contribution is 7.89. The molecule has 2 N–H and O–H groups in total. The summed E-state index contributed by atoms with van der Waals surface area (Å²) in [6.07, 6.45) is 0.661. The van der Waals surface area contributed by atoms with Crippen molar-refractivity contribution in [3.63, 3.8) is 0 Å². The number of hydrogen-bond acceptors (Lipinski definition) is 3. The summed E-state index contributed by atoms with van der Waals surface area (Å²) in [5.41, 5.74) is 5.91. The maximum absolute atomic E-state index is 12.5. The van der Waals surface area contributed by atoms with Crippen molar-refractivity contribution in [1.29, 1.82) is 0 Å². The predicted octanol–water partition coefficient (Wildman–Crippen LogP) is 2.77. The SMILES string of the molecule is CC1CN(S(=O)(=O)c2cc(Cl)cc(Cl)c2)CCC1N.Cl. The lowest BCUT2D eigenvalue weighted by Gasteiger charge is -2.34. The van der Waals surface area contributed by atoms with Crippen LogP contribution in [0.25, 0.3) is 0 Å². The van der Waals surface area contributed by atoms with Crippen LogP contribution in [-0.4, -0.2) is 31.9 Å². The fraction of sp³-hybridized carbons (Fsp3) is 0.500. The molecule has 0 amide bonds. The molecular formula is C12H17Cl3N2O2S. The maximum Gasteiger partial charge on any atom is 0.243 e. The fourth-order valence-electron chi connectivity index (χ4n) is 2.17. The number of sulfonamides is 1. The van der Waals surface area contributed by atoms with Gasteiger partial charge in [-0.05, 0) is 30.5 Å². The Bertz CT molecular complexity index is 560. The van der Waals surface area contributed by atoms with Gasteiger partial charge in [0.2, 0.25) is 10.0 Å². The van der Waals surface area contributed by atoms with Gasteiger partial charge in [-0.15, -0.1) is 12.4 Å². The average Bonchev–Trinajstić information content (AvgIpc) is 2.31. The summed E-state index contributed by atoms with van der Waals surface area (Å²) in [6, 6.07) is 4.40. The van der Waals surface area contributed by atoms with Crippen molar-refractivity contribution in [2.24, 2.45) is 11.7 Å². The number of hydrogen-bond donors (Lipinski definition) is 1. The molecule has 1 heterocycles. The van der Waals surface area contributed by atoms with Crippen LogP contribution in [0.4, 0.5) is 0 Å². The van der Waals surface area contributed by atoms with E-state index < -0.39 is 10.0 Å². The molecule has 20 heavy (non-hydrogen) atoms. The number of benzene rings is 1. The standard InChI is InChI=1S/C12H16Cl2N2O2S.ClH/c1-8-7-16(3-2-12(8)15)19(17,18)11-5-9(13)4-10(14)6-11;/h4-6,8,12H,2-3,7,15H2,1H3;1H. The van der Waals surface area contributed by atoms with E-state index in [4.69, 9.17) is 28.9 Å². The van der Waals surface area contributed by atoms with Gasteiger partial charge in [-0.1, -0.05) is 30.1 Å². The second kappa shape index (κ2) is 6.81. The zero-order chi connectivity index (χ0) is 14.2. The number of rotatable bonds is 2. The Balaban J connectivity index is 0.00000200. The smallest absolute Gasteiger partial charge is 0.243 e. The van der Waals surface area contributed by atoms with E-state index in [-0.39, 0.29) is 29.3 Å². The largest absolute Gasteiger partial charge is 0.327 e. The summed E-state index contributed by atoms with van der Waals surface area (Å²) in [5, 5.41) is 0.626. The molecule has 1 aromatic carbocycles. The van der Waals surface area contributed by atoms with E-state index in [1.165, 1.54) is 22.5 Å². The van der Waals surface area contributed by atoms with Crippen LogP contribution in [-0.2, 0) is 10.0 Å². The van der Waals surface area contributed by atoms with Crippen molar-refractivity contribution in [3.05, 3.63) is 28.2 Å². The van der Waals surface area contributed by atoms with Crippen molar-refractivity contribution in [2.75, 3.05) is 13.1 Å².